The monoisotopic (exact) mass is 390 g/mol. The zero-order chi connectivity index (χ0) is 20.8. The lowest BCUT2D eigenvalue weighted by molar-refractivity contribution is -0.153. The van der Waals surface area contributed by atoms with Crippen molar-refractivity contribution in [3.8, 4) is 12.3 Å². The quantitative estimate of drug-likeness (QED) is 0.119. The van der Waals surface area contributed by atoms with E-state index in [-0.39, 0.29) is 19.5 Å². The zero-order valence-corrected chi connectivity index (χ0v) is 14.9. The van der Waals surface area contributed by atoms with Crippen LogP contribution in [0.2, 0.25) is 0 Å². The van der Waals surface area contributed by atoms with Gasteiger partial charge >= 0.3 is 17.8 Å². The number of amides is 6. The summed E-state index contributed by atoms with van der Waals surface area (Å²) in [5, 5.41) is 10.2. The molecule has 2 aliphatic heterocycles. The molecule has 2 saturated heterocycles. The van der Waals surface area contributed by atoms with Gasteiger partial charge in [-0.15, -0.1) is 12.3 Å². The lowest BCUT2D eigenvalue weighted by Crippen LogP contribution is -2.70. The van der Waals surface area contributed by atoms with Crippen molar-refractivity contribution in [2.45, 2.75) is 31.6 Å². The molecule has 148 valence electrons. The van der Waals surface area contributed by atoms with E-state index in [2.05, 4.69) is 31.9 Å². The molecule has 0 saturated carbocycles. The largest absolute Gasteiger partial charge is 0.343 e. The number of rotatable bonds is 6. The van der Waals surface area contributed by atoms with Crippen molar-refractivity contribution in [2.75, 3.05) is 19.6 Å². The van der Waals surface area contributed by atoms with Gasteiger partial charge in [-0.2, -0.15) is 0 Å². The number of carbonyl (C=O) groups is 5. The highest BCUT2D eigenvalue weighted by atomic mass is 16.2. The Balaban J connectivity index is 2.03. The molecule has 0 aromatic rings. The number of nitrogens with one attached hydrogen (secondary N) is 3. The van der Waals surface area contributed by atoms with E-state index in [1.165, 1.54) is 4.90 Å². The van der Waals surface area contributed by atoms with Gasteiger partial charge in [0.25, 0.3) is 0 Å². The number of terminal acetylenes is 1. The molecule has 0 aliphatic carbocycles. The fourth-order valence-corrected chi connectivity index (χ4v) is 2.64. The highest BCUT2D eigenvalue weighted by Crippen LogP contribution is 2.10. The Morgan fingerprint density at radius 3 is 2.68 bits per heavy atom. The molecular weight excluding hydrogens is 372 g/mol. The molecule has 2 aliphatic rings. The Bertz CT molecular complexity index is 799. The van der Waals surface area contributed by atoms with Crippen molar-refractivity contribution in [2.24, 2.45) is 5.11 Å². The van der Waals surface area contributed by atoms with Crippen LogP contribution in [-0.4, -0.2) is 77.3 Å². The molecule has 0 bridgehead atoms. The van der Waals surface area contributed by atoms with Crippen LogP contribution in [0.4, 0.5) is 4.79 Å². The molecule has 0 aromatic carbocycles. The average Bonchev–Trinajstić information content (AvgIpc) is 2.67. The van der Waals surface area contributed by atoms with Crippen LogP contribution in [0.15, 0.2) is 5.11 Å². The first-order chi connectivity index (χ1) is 13.3. The molecule has 13 nitrogen and oxygen atoms in total. The van der Waals surface area contributed by atoms with Crippen LogP contribution >= 0.6 is 0 Å². The first-order valence-corrected chi connectivity index (χ1v) is 8.33. The fraction of sp³-hybridized carbons (Fsp3) is 0.533. The van der Waals surface area contributed by atoms with Gasteiger partial charge in [-0.1, -0.05) is 5.11 Å². The fourth-order valence-electron chi connectivity index (χ4n) is 2.64. The summed E-state index contributed by atoms with van der Waals surface area (Å²) in [4.78, 5) is 64.8. The van der Waals surface area contributed by atoms with Gasteiger partial charge in [0.05, 0.1) is 0 Å². The number of nitrogens with zero attached hydrogens (tertiary/aromatic N) is 5. The maximum Gasteiger partial charge on any atom is 0.325 e. The normalized spacial score (nSPS) is 22.2. The summed E-state index contributed by atoms with van der Waals surface area (Å²) < 4.78 is 0. The second-order valence-electron chi connectivity index (χ2n) is 5.90. The summed E-state index contributed by atoms with van der Waals surface area (Å²) >= 11 is 0. The van der Waals surface area contributed by atoms with E-state index in [1.807, 2.05) is 0 Å². The first-order valence-electron chi connectivity index (χ1n) is 8.33. The van der Waals surface area contributed by atoms with Crippen LogP contribution < -0.4 is 16.0 Å². The van der Waals surface area contributed by atoms with E-state index in [0.717, 1.165) is 0 Å². The topological polar surface area (TPSA) is 177 Å². The lowest BCUT2D eigenvalue weighted by atomic mass is 10.1. The number of azide groups is 1. The van der Waals surface area contributed by atoms with E-state index >= 15 is 0 Å². The number of carbonyl (C=O) groups excluding carboxylic acids is 5. The third-order valence-electron chi connectivity index (χ3n) is 4.23. The van der Waals surface area contributed by atoms with Gasteiger partial charge in [0.15, 0.2) is 0 Å². The maximum atomic E-state index is 12.4. The summed E-state index contributed by atoms with van der Waals surface area (Å²) in [6.07, 6.45) is 4.04. The van der Waals surface area contributed by atoms with Crippen molar-refractivity contribution >= 4 is 29.7 Å². The minimum absolute atomic E-state index is 0.0291. The summed E-state index contributed by atoms with van der Waals surface area (Å²) in [5.74, 6) is -0.967. The van der Waals surface area contributed by atoms with E-state index < -0.39 is 47.9 Å². The minimum atomic E-state index is -1.26. The van der Waals surface area contributed by atoms with E-state index in [1.54, 1.807) is 6.92 Å². The van der Waals surface area contributed by atoms with Gasteiger partial charge in [0, 0.05) is 31.0 Å². The highest BCUT2D eigenvalue weighted by Gasteiger charge is 2.41. The van der Waals surface area contributed by atoms with Crippen molar-refractivity contribution in [3.05, 3.63) is 10.4 Å². The number of hydrogen-bond acceptors (Lipinski definition) is 6. The Hall–Kier alpha value is -3.78. The summed E-state index contributed by atoms with van der Waals surface area (Å²) in [6.45, 7) is 2.18. The molecule has 3 atom stereocenters. The van der Waals surface area contributed by atoms with Gasteiger partial charge in [0.2, 0.25) is 11.8 Å². The summed E-state index contributed by atoms with van der Waals surface area (Å²) in [6, 6.07) is -3.31. The number of β-lactam (4-membered cyclic amide) rings is 1. The smallest absolute Gasteiger partial charge is 0.325 e. The molecule has 2 rings (SSSR count). The zero-order valence-electron chi connectivity index (χ0n) is 14.9. The van der Waals surface area contributed by atoms with Crippen LogP contribution in [0.1, 0.15) is 13.3 Å². The molecule has 6 amide bonds. The molecule has 0 spiro atoms. The minimum Gasteiger partial charge on any atom is -0.343 e. The molecule has 1 unspecified atom stereocenters. The number of imide groups is 1. The van der Waals surface area contributed by atoms with Crippen LogP contribution in [-0.2, 0) is 19.2 Å². The molecule has 0 radical (unpaired) electrons. The van der Waals surface area contributed by atoms with Crippen molar-refractivity contribution in [3.63, 3.8) is 0 Å². The molecule has 3 N–H and O–H groups in total. The second-order valence-corrected chi connectivity index (χ2v) is 5.90. The standard InChI is InChI=1S/C15H18N8O5/c1-3-5-8(11(24)18-9-10(20-21-16)19-12(9)25)17-15(28)23-7-6-22(4-2)13(26)14(23)27/h1,8-10H,4-7H2,2H3,(H,17,28)(H,18,24)(H,19,25)/t8?,9-,10+/m0/s1. The van der Waals surface area contributed by atoms with Gasteiger partial charge in [-0.3, -0.25) is 24.1 Å². The third kappa shape index (κ3) is 4.13. The predicted octanol–water partition coefficient (Wildman–Crippen LogP) is -1.97. The number of piperazine rings is 1. The maximum absolute atomic E-state index is 12.4. The highest BCUT2D eigenvalue weighted by molar-refractivity contribution is 6.38. The van der Waals surface area contributed by atoms with E-state index in [0.29, 0.717) is 11.4 Å². The van der Waals surface area contributed by atoms with Crippen LogP contribution in [0, 0.1) is 12.3 Å². The Morgan fingerprint density at radius 2 is 2.11 bits per heavy atom. The van der Waals surface area contributed by atoms with Crippen molar-refractivity contribution in [1.29, 1.82) is 0 Å². The third-order valence-corrected chi connectivity index (χ3v) is 4.23. The Morgan fingerprint density at radius 1 is 1.39 bits per heavy atom. The number of urea groups is 1. The molecule has 0 aromatic heterocycles. The second kappa shape index (κ2) is 8.74. The van der Waals surface area contributed by atoms with Gasteiger partial charge in [-0.25, -0.2) is 4.79 Å². The summed E-state index contributed by atoms with van der Waals surface area (Å²) in [5.41, 5.74) is 8.42. The van der Waals surface area contributed by atoms with Crippen LogP contribution in [0.25, 0.3) is 10.4 Å². The molecule has 2 fully saturated rings. The van der Waals surface area contributed by atoms with Gasteiger partial charge < -0.3 is 20.9 Å². The lowest BCUT2D eigenvalue weighted by Gasteiger charge is -2.35. The van der Waals surface area contributed by atoms with Gasteiger partial charge in [0.1, 0.15) is 18.2 Å². The molecular formula is C15H18N8O5. The number of likely N-dealkylation sites (N-methyl/N-ethyl adjacent to an activating group) is 1. The Labute approximate surface area is 159 Å². The van der Waals surface area contributed by atoms with Crippen LogP contribution in [0.3, 0.4) is 0 Å². The Kier molecular flexibility index (Phi) is 6.41. The average molecular weight is 390 g/mol. The predicted molar refractivity (Wildman–Crippen MR) is 92.7 cm³/mol. The van der Waals surface area contributed by atoms with E-state index in [9.17, 15) is 24.0 Å². The van der Waals surface area contributed by atoms with Crippen LogP contribution in [0.5, 0.6) is 0 Å². The molecule has 13 heteroatoms. The van der Waals surface area contributed by atoms with Gasteiger partial charge in [-0.05, 0) is 12.5 Å². The summed E-state index contributed by atoms with van der Waals surface area (Å²) in [7, 11) is 0. The number of hydrogen-bond donors (Lipinski definition) is 3. The van der Waals surface area contributed by atoms with E-state index in [4.69, 9.17) is 12.0 Å². The van der Waals surface area contributed by atoms with Crippen molar-refractivity contribution in [1.82, 2.24) is 25.8 Å². The molecule has 28 heavy (non-hydrogen) atoms. The SMILES string of the molecule is C#CCC(NC(=O)N1CCN(CC)C(=O)C1=O)C(=O)N[C@@H]1C(=O)N[C@@H]1N=[N+]=[N-]. The first kappa shape index (κ1) is 20.5. The van der Waals surface area contributed by atoms with Crippen molar-refractivity contribution < 1.29 is 24.0 Å². The molecule has 2 heterocycles.